The number of rotatable bonds is 18. The minimum atomic E-state index is -1.53. The first-order chi connectivity index (χ1) is 21.2. The van der Waals surface area contributed by atoms with E-state index in [-0.39, 0.29) is 24.0 Å². The number of unbranched alkanes of at least 4 members (excludes halogenated alkanes) is 3. The van der Waals surface area contributed by atoms with Gasteiger partial charge in [0.05, 0.1) is 24.9 Å². The van der Waals surface area contributed by atoms with Gasteiger partial charge in [-0.15, -0.1) is 0 Å². The SMILES string of the molecule is CCNC(=O)CCCCCC[C@@H]1[C@@H](CC[C@@H](O)CCC2OCCCN2C2CC2)[C@H](O)C[C@@H]1O[C@H]1OC(CO)[C@@H](O)[C@H](O)C1O. The number of nitrogens with one attached hydrogen (secondary N) is 1. The van der Waals surface area contributed by atoms with E-state index in [9.17, 15) is 35.4 Å². The van der Waals surface area contributed by atoms with Crippen LogP contribution in [0.4, 0.5) is 0 Å². The standard InChI is InChI=1S/C32H58N2O10/c1-2-33-27(38)9-6-4-3-5-8-23-22(14-12-21(36)13-15-28-34(20-10-11-20)16-7-17-42-28)24(37)18-25(23)43-32-31(41)30(40)29(39)26(19-35)44-32/h20-26,28-32,35-37,39-41H,2-19H2,1H3,(H,33,38)/t21-,22-,23-,24-,25+,26?,28?,29-,30+,31?,32+/m1/s1. The van der Waals surface area contributed by atoms with Crippen LogP contribution in [0.3, 0.4) is 0 Å². The Morgan fingerprint density at radius 2 is 1.73 bits per heavy atom. The molecule has 0 aromatic heterocycles. The smallest absolute Gasteiger partial charge is 0.219 e. The highest BCUT2D eigenvalue weighted by Crippen LogP contribution is 2.42. The molecule has 2 aliphatic heterocycles. The van der Waals surface area contributed by atoms with Crippen molar-refractivity contribution < 1.29 is 49.6 Å². The van der Waals surface area contributed by atoms with Crippen molar-refractivity contribution in [3.05, 3.63) is 0 Å². The van der Waals surface area contributed by atoms with E-state index in [1.165, 1.54) is 12.8 Å². The Kier molecular flexibility index (Phi) is 14.6. The molecule has 1 amide bonds. The highest BCUT2D eigenvalue weighted by molar-refractivity contribution is 5.75. The maximum Gasteiger partial charge on any atom is 0.219 e. The van der Waals surface area contributed by atoms with Crippen LogP contribution in [0.15, 0.2) is 0 Å². The second-order valence-corrected chi connectivity index (χ2v) is 13.4. The second-order valence-electron chi connectivity index (χ2n) is 13.4. The molecule has 256 valence electrons. The molecule has 2 aliphatic carbocycles. The molecule has 7 N–H and O–H groups in total. The third-order valence-corrected chi connectivity index (χ3v) is 10.1. The summed E-state index contributed by atoms with van der Waals surface area (Å²) in [5.41, 5.74) is 0. The Morgan fingerprint density at radius 1 is 0.977 bits per heavy atom. The monoisotopic (exact) mass is 630 g/mol. The largest absolute Gasteiger partial charge is 0.394 e. The highest BCUT2D eigenvalue weighted by atomic mass is 16.7. The lowest BCUT2D eigenvalue weighted by molar-refractivity contribution is -0.314. The summed E-state index contributed by atoms with van der Waals surface area (Å²) in [6, 6.07) is 0.626. The predicted molar refractivity (Wildman–Crippen MR) is 161 cm³/mol. The fourth-order valence-electron chi connectivity index (χ4n) is 7.41. The second kappa shape index (κ2) is 17.8. The number of ether oxygens (including phenoxy) is 3. The average Bonchev–Trinajstić information content (AvgIpc) is 3.82. The minimum absolute atomic E-state index is 0.0633. The van der Waals surface area contributed by atoms with Crippen molar-refractivity contribution in [3.8, 4) is 0 Å². The molecule has 2 saturated heterocycles. The zero-order valence-corrected chi connectivity index (χ0v) is 26.4. The molecular formula is C32H58N2O10. The van der Waals surface area contributed by atoms with Crippen molar-refractivity contribution in [2.75, 3.05) is 26.3 Å². The molecule has 3 unspecified atom stereocenters. The fraction of sp³-hybridized carbons (Fsp3) is 0.969. The number of aliphatic hydroxyl groups excluding tert-OH is 6. The van der Waals surface area contributed by atoms with Gasteiger partial charge in [-0.3, -0.25) is 9.69 Å². The van der Waals surface area contributed by atoms with Crippen LogP contribution < -0.4 is 5.32 Å². The van der Waals surface area contributed by atoms with Crippen LogP contribution in [-0.2, 0) is 19.0 Å². The number of hydrogen-bond donors (Lipinski definition) is 7. The van der Waals surface area contributed by atoms with Gasteiger partial charge < -0.3 is 50.2 Å². The maximum atomic E-state index is 11.8. The molecule has 12 nitrogen and oxygen atoms in total. The van der Waals surface area contributed by atoms with Gasteiger partial charge in [0.15, 0.2) is 6.29 Å². The Morgan fingerprint density at radius 3 is 2.45 bits per heavy atom. The van der Waals surface area contributed by atoms with E-state index in [0.717, 1.165) is 58.1 Å². The van der Waals surface area contributed by atoms with E-state index in [4.69, 9.17) is 14.2 Å². The molecule has 12 heteroatoms. The van der Waals surface area contributed by atoms with E-state index in [2.05, 4.69) is 10.2 Å². The van der Waals surface area contributed by atoms with Crippen LogP contribution in [0.2, 0.25) is 0 Å². The number of nitrogens with zero attached hydrogens (tertiary/aromatic N) is 1. The first kappa shape index (κ1) is 35.9. The summed E-state index contributed by atoms with van der Waals surface area (Å²) in [6.07, 6.45) is 2.81. The number of amides is 1. The van der Waals surface area contributed by atoms with Crippen LogP contribution in [-0.4, -0.2) is 129 Å². The topological polar surface area (TPSA) is 181 Å². The lowest BCUT2D eigenvalue weighted by atomic mass is 9.84. The van der Waals surface area contributed by atoms with E-state index in [1.54, 1.807) is 0 Å². The quantitative estimate of drug-likeness (QED) is 0.106. The minimum Gasteiger partial charge on any atom is -0.394 e. The van der Waals surface area contributed by atoms with Crippen LogP contribution in [0.1, 0.15) is 96.8 Å². The lowest BCUT2D eigenvalue weighted by Gasteiger charge is -2.41. The highest BCUT2D eigenvalue weighted by Gasteiger charge is 2.49. The van der Waals surface area contributed by atoms with E-state index in [1.807, 2.05) is 6.92 Å². The normalized spacial score (nSPS) is 37.2. The summed E-state index contributed by atoms with van der Waals surface area (Å²) >= 11 is 0. The number of carbonyl (C=O) groups is 1. The Balaban J connectivity index is 1.31. The average molecular weight is 631 g/mol. The molecule has 0 radical (unpaired) electrons. The van der Waals surface area contributed by atoms with Gasteiger partial charge in [0.1, 0.15) is 30.6 Å². The summed E-state index contributed by atoms with van der Waals surface area (Å²) in [4.78, 5) is 14.2. The van der Waals surface area contributed by atoms with E-state index in [0.29, 0.717) is 44.7 Å². The molecule has 4 fully saturated rings. The van der Waals surface area contributed by atoms with Gasteiger partial charge in [0, 0.05) is 38.6 Å². The van der Waals surface area contributed by atoms with Gasteiger partial charge in [-0.25, -0.2) is 0 Å². The van der Waals surface area contributed by atoms with Crippen molar-refractivity contribution in [2.24, 2.45) is 11.8 Å². The zero-order valence-electron chi connectivity index (χ0n) is 26.4. The van der Waals surface area contributed by atoms with Crippen LogP contribution in [0, 0.1) is 11.8 Å². The summed E-state index contributed by atoms with van der Waals surface area (Å²) < 4.78 is 17.8. The van der Waals surface area contributed by atoms with Gasteiger partial charge in [-0.2, -0.15) is 0 Å². The molecule has 0 spiro atoms. The Bertz CT molecular complexity index is 848. The number of hydrogen-bond acceptors (Lipinski definition) is 11. The lowest BCUT2D eigenvalue weighted by Crippen LogP contribution is -2.59. The van der Waals surface area contributed by atoms with Gasteiger partial charge in [0.25, 0.3) is 0 Å². The van der Waals surface area contributed by atoms with Crippen molar-refractivity contribution >= 4 is 5.91 Å². The Hall–Kier alpha value is -0.930. The molecular weight excluding hydrogens is 572 g/mol. The van der Waals surface area contributed by atoms with Crippen LogP contribution >= 0.6 is 0 Å². The number of aliphatic hydroxyl groups is 6. The van der Waals surface area contributed by atoms with E-state index < -0.39 is 55.6 Å². The van der Waals surface area contributed by atoms with Crippen molar-refractivity contribution in [3.63, 3.8) is 0 Å². The van der Waals surface area contributed by atoms with Crippen molar-refractivity contribution in [1.82, 2.24) is 10.2 Å². The maximum absolute atomic E-state index is 11.8. The van der Waals surface area contributed by atoms with Crippen molar-refractivity contribution in [1.29, 1.82) is 0 Å². The summed E-state index contributed by atoms with van der Waals surface area (Å²) in [6.45, 7) is 3.81. The third kappa shape index (κ3) is 10.0. The Labute approximate surface area is 262 Å². The van der Waals surface area contributed by atoms with Gasteiger partial charge in [0.2, 0.25) is 5.91 Å². The molecule has 2 heterocycles. The van der Waals surface area contributed by atoms with Crippen LogP contribution in [0.25, 0.3) is 0 Å². The van der Waals surface area contributed by atoms with E-state index >= 15 is 0 Å². The summed E-state index contributed by atoms with van der Waals surface area (Å²) in [7, 11) is 0. The molecule has 2 saturated carbocycles. The third-order valence-electron chi connectivity index (χ3n) is 10.1. The molecule has 0 bridgehead atoms. The molecule has 4 rings (SSSR count). The van der Waals surface area contributed by atoms with Crippen molar-refractivity contribution in [2.45, 2.75) is 158 Å². The summed E-state index contributed by atoms with van der Waals surface area (Å²) in [5.74, 6) is -0.128. The molecule has 0 aromatic rings. The molecule has 44 heavy (non-hydrogen) atoms. The zero-order chi connectivity index (χ0) is 31.6. The van der Waals surface area contributed by atoms with Gasteiger partial charge in [-0.05, 0) is 76.5 Å². The van der Waals surface area contributed by atoms with Crippen LogP contribution in [0.5, 0.6) is 0 Å². The fourth-order valence-corrected chi connectivity index (χ4v) is 7.41. The predicted octanol–water partition coefficient (Wildman–Crippen LogP) is 0.777. The molecule has 11 atom stereocenters. The molecule has 4 aliphatic rings. The van der Waals surface area contributed by atoms with Gasteiger partial charge >= 0.3 is 0 Å². The number of carbonyl (C=O) groups excluding carboxylic acids is 1. The molecule has 0 aromatic carbocycles. The summed E-state index contributed by atoms with van der Waals surface area (Å²) in [5, 5.41) is 65.5. The van der Waals surface area contributed by atoms with Gasteiger partial charge in [-0.1, -0.05) is 19.3 Å². The first-order valence-corrected chi connectivity index (χ1v) is 17.2. The first-order valence-electron chi connectivity index (χ1n) is 17.2.